The van der Waals surface area contributed by atoms with Crippen LogP contribution in [0.3, 0.4) is 0 Å². The molecule has 1 fully saturated rings. The van der Waals surface area contributed by atoms with Crippen molar-refractivity contribution < 1.29 is 18.3 Å². The van der Waals surface area contributed by atoms with Crippen LogP contribution in [0.1, 0.15) is 85.3 Å². The minimum Gasteiger partial charge on any atom is -0.437 e. The third kappa shape index (κ3) is 9.39. The fraction of sp³-hybridized carbons (Fsp3) is 0.541. The molecule has 1 aliphatic rings. The number of allylic oxidation sites excluding steroid dienone is 5. The Labute approximate surface area is 274 Å². The Hall–Kier alpha value is -3.75. The van der Waals surface area contributed by atoms with Gasteiger partial charge in [-0.05, 0) is 83.9 Å². The number of nitrogens with zero attached hydrogens (tertiary/aromatic N) is 5. The minimum absolute atomic E-state index is 0.0673. The van der Waals surface area contributed by atoms with Crippen LogP contribution in [0.4, 0.5) is 13.6 Å². The lowest BCUT2D eigenvalue weighted by molar-refractivity contribution is -0.169. The van der Waals surface area contributed by atoms with Gasteiger partial charge in [0.25, 0.3) is 5.92 Å². The van der Waals surface area contributed by atoms with Crippen LogP contribution >= 0.6 is 0 Å². The topological polar surface area (TPSA) is 63.0 Å². The molecule has 1 amide bonds. The van der Waals surface area contributed by atoms with Gasteiger partial charge in [-0.15, -0.1) is 0 Å². The first-order valence-electron chi connectivity index (χ1n) is 16.5. The molecule has 3 rings (SSSR count). The van der Waals surface area contributed by atoms with Crippen molar-refractivity contribution in [2.45, 2.75) is 98.1 Å². The molecule has 9 heteroatoms. The molecule has 46 heavy (non-hydrogen) atoms. The van der Waals surface area contributed by atoms with E-state index in [2.05, 4.69) is 61.3 Å². The molecule has 1 atom stereocenters. The molecule has 252 valence electrons. The summed E-state index contributed by atoms with van der Waals surface area (Å²) in [4.78, 5) is 22.1. The number of hydrogen-bond acceptors (Lipinski definition) is 5. The molecule has 0 bridgehead atoms. The van der Waals surface area contributed by atoms with Gasteiger partial charge in [0, 0.05) is 62.3 Å². The highest BCUT2D eigenvalue weighted by molar-refractivity contribution is 6.13. The van der Waals surface area contributed by atoms with Crippen molar-refractivity contribution in [1.82, 2.24) is 19.6 Å². The zero-order chi connectivity index (χ0) is 33.9. The number of ether oxygens (including phenoxy) is 1. The Morgan fingerprint density at radius 3 is 2.46 bits per heavy atom. The third-order valence-electron chi connectivity index (χ3n) is 8.79. The fourth-order valence-corrected chi connectivity index (χ4v) is 5.95. The molecule has 1 saturated heterocycles. The van der Waals surface area contributed by atoms with E-state index in [1.54, 1.807) is 4.90 Å². The van der Waals surface area contributed by atoms with Gasteiger partial charge in [0.1, 0.15) is 0 Å². The quantitative estimate of drug-likeness (QED) is 0.0902. The van der Waals surface area contributed by atoms with Crippen molar-refractivity contribution in [3.63, 3.8) is 0 Å². The standard InChI is InChI=1S/C37H53F2N5O2/c1-9-12-22-40-33(21-17-16-18-30-25-41-42(8)27-30)34(32(10-2)31-19-14-13-15-20-31)29(5)44-24-23-43(26-28(44)4)35(45)46-36(6,7)37(38,39)11-3/h9-10,12-15,19-20,25,27-28H,11,16-18,21-24,26H2,1-8H3/b12-9-,32-10-,34-29+,40-33?/t28-/m0/s1. The van der Waals surface area contributed by atoms with Crippen molar-refractivity contribution in [3.8, 4) is 0 Å². The Morgan fingerprint density at radius 1 is 1.15 bits per heavy atom. The summed E-state index contributed by atoms with van der Waals surface area (Å²) in [7, 11) is 1.94. The average molecular weight is 638 g/mol. The summed E-state index contributed by atoms with van der Waals surface area (Å²) >= 11 is 0. The maximum Gasteiger partial charge on any atom is 0.410 e. The maximum absolute atomic E-state index is 14.5. The van der Waals surface area contributed by atoms with E-state index in [0.717, 1.165) is 53.8 Å². The van der Waals surface area contributed by atoms with E-state index in [1.807, 2.05) is 49.1 Å². The van der Waals surface area contributed by atoms with E-state index >= 15 is 0 Å². The second-order valence-electron chi connectivity index (χ2n) is 12.5. The first-order valence-corrected chi connectivity index (χ1v) is 16.5. The molecule has 2 heterocycles. The molecule has 0 saturated carbocycles. The van der Waals surface area contributed by atoms with Gasteiger partial charge < -0.3 is 14.5 Å². The largest absolute Gasteiger partial charge is 0.437 e. The number of aryl methyl sites for hydroxylation is 2. The van der Waals surface area contributed by atoms with Gasteiger partial charge in [0.2, 0.25) is 0 Å². The van der Waals surface area contributed by atoms with Crippen LogP contribution in [-0.2, 0) is 18.2 Å². The summed E-state index contributed by atoms with van der Waals surface area (Å²) in [5, 5.41) is 4.31. The molecule has 1 aliphatic heterocycles. The van der Waals surface area contributed by atoms with E-state index in [4.69, 9.17) is 9.73 Å². The number of carbonyl (C=O) groups is 1. The summed E-state index contributed by atoms with van der Waals surface area (Å²) < 4.78 is 36.2. The van der Waals surface area contributed by atoms with Crippen LogP contribution < -0.4 is 0 Å². The van der Waals surface area contributed by atoms with Crippen LogP contribution in [0, 0.1) is 0 Å². The Balaban J connectivity index is 1.93. The molecule has 7 nitrogen and oxygen atoms in total. The Morgan fingerprint density at radius 2 is 1.87 bits per heavy atom. The summed E-state index contributed by atoms with van der Waals surface area (Å²) in [6.45, 7) is 14.1. The third-order valence-corrected chi connectivity index (χ3v) is 8.79. The molecule has 0 aliphatic carbocycles. The number of halogens is 2. The minimum atomic E-state index is -3.12. The molecular formula is C37H53F2N5O2. The molecule has 0 unspecified atom stereocenters. The average Bonchev–Trinajstić information content (AvgIpc) is 3.45. The van der Waals surface area contributed by atoms with Gasteiger partial charge in [-0.25, -0.2) is 13.6 Å². The van der Waals surface area contributed by atoms with Crippen molar-refractivity contribution >= 4 is 17.4 Å². The number of unbranched alkanes of at least 4 members (excludes halogenated alkanes) is 1. The summed E-state index contributed by atoms with van der Waals surface area (Å²) in [6, 6.07) is 10.3. The number of hydrogen-bond donors (Lipinski definition) is 0. The van der Waals surface area contributed by atoms with Gasteiger partial charge in [0.15, 0.2) is 5.60 Å². The van der Waals surface area contributed by atoms with Gasteiger partial charge >= 0.3 is 6.09 Å². The number of alkyl halides is 2. The predicted molar refractivity (Wildman–Crippen MR) is 184 cm³/mol. The molecule has 1 aromatic carbocycles. The highest BCUT2D eigenvalue weighted by Gasteiger charge is 2.49. The van der Waals surface area contributed by atoms with Crippen molar-refractivity contribution in [3.05, 3.63) is 83.4 Å². The van der Waals surface area contributed by atoms with Crippen LogP contribution in [0.2, 0.25) is 0 Å². The van der Waals surface area contributed by atoms with E-state index in [-0.39, 0.29) is 6.04 Å². The smallest absolute Gasteiger partial charge is 0.410 e. The highest BCUT2D eigenvalue weighted by Crippen LogP contribution is 2.36. The lowest BCUT2D eigenvalue weighted by Crippen LogP contribution is -2.55. The SMILES string of the molecule is C/C=C\CN=C(CCCCc1cnn(C)c1)C(/C(=C\C)c1ccccc1)=C(\C)N1CCN(C(=O)OC(C)(C)C(F)(F)CC)C[C@@H]1C. The highest BCUT2D eigenvalue weighted by atomic mass is 19.3. The normalized spacial score (nSPS) is 17.5. The van der Waals surface area contributed by atoms with Crippen molar-refractivity contribution in [1.29, 1.82) is 0 Å². The molecule has 2 aromatic rings. The second-order valence-corrected chi connectivity index (χ2v) is 12.5. The zero-order valence-electron chi connectivity index (χ0n) is 29.0. The van der Waals surface area contributed by atoms with Gasteiger partial charge in [-0.2, -0.15) is 5.10 Å². The molecule has 0 spiro atoms. The van der Waals surface area contributed by atoms with Gasteiger partial charge in [0.05, 0.1) is 12.7 Å². The summed E-state index contributed by atoms with van der Waals surface area (Å²) in [5.74, 6) is -3.12. The van der Waals surface area contributed by atoms with Crippen LogP contribution in [0.5, 0.6) is 0 Å². The number of piperazine rings is 1. The molecule has 0 N–H and O–H groups in total. The summed E-state index contributed by atoms with van der Waals surface area (Å²) in [5.41, 5.74) is 4.80. The Kier molecular flexibility index (Phi) is 13.3. The number of rotatable bonds is 14. The van der Waals surface area contributed by atoms with Crippen molar-refractivity contribution in [2.24, 2.45) is 12.0 Å². The van der Waals surface area contributed by atoms with E-state index in [0.29, 0.717) is 26.2 Å². The number of aliphatic imine (C=N–C) groups is 1. The van der Waals surface area contributed by atoms with E-state index in [9.17, 15) is 13.6 Å². The number of benzene rings is 1. The van der Waals surface area contributed by atoms with E-state index < -0.39 is 24.0 Å². The van der Waals surface area contributed by atoms with Gasteiger partial charge in [-0.3, -0.25) is 9.67 Å². The van der Waals surface area contributed by atoms with Crippen LogP contribution in [-0.4, -0.2) is 75.1 Å². The van der Waals surface area contributed by atoms with Crippen molar-refractivity contribution in [2.75, 3.05) is 26.2 Å². The lowest BCUT2D eigenvalue weighted by Gasteiger charge is -2.43. The fourth-order valence-electron chi connectivity index (χ4n) is 5.95. The number of amides is 1. The molecular weight excluding hydrogens is 584 g/mol. The number of aromatic nitrogens is 2. The second kappa shape index (κ2) is 16.7. The predicted octanol–water partition coefficient (Wildman–Crippen LogP) is 8.49. The zero-order valence-corrected chi connectivity index (χ0v) is 29.0. The van der Waals surface area contributed by atoms with E-state index in [1.165, 1.54) is 26.3 Å². The molecule has 0 radical (unpaired) electrons. The van der Waals surface area contributed by atoms with Gasteiger partial charge in [-0.1, -0.05) is 55.5 Å². The van der Waals surface area contributed by atoms with Crippen LogP contribution in [0.15, 0.2) is 77.2 Å². The maximum atomic E-state index is 14.5. The Bertz CT molecular complexity index is 1410. The van der Waals surface area contributed by atoms with Crippen LogP contribution in [0.25, 0.3) is 5.57 Å². The lowest BCUT2D eigenvalue weighted by atomic mass is 9.89. The summed E-state index contributed by atoms with van der Waals surface area (Å²) in [6.07, 6.45) is 12.9. The molecule has 1 aromatic heterocycles. The first-order chi connectivity index (χ1) is 21.8. The first kappa shape index (κ1) is 36.7. The monoisotopic (exact) mass is 637 g/mol. The number of carbonyl (C=O) groups excluding carboxylic acids is 1.